The van der Waals surface area contributed by atoms with E-state index in [0.29, 0.717) is 19.6 Å². The topological polar surface area (TPSA) is 43.8 Å². The highest BCUT2D eigenvalue weighted by atomic mass is 79.9. The summed E-state index contributed by atoms with van der Waals surface area (Å²) in [5, 5.41) is 9.28. The third kappa shape index (κ3) is 4.01. The van der Waals surface area contributed by atoms with Crippen LogP contribution in [-0.2, 0) is 11.3 Å². The molecule has 0 spiro atoms. The second-order valence-electron chi connectivity index (χ2n) is 5.06. The Morgan fingerprint density at radius 1 is 1.35 bits per heavy atom. The van der Waals surface area contributed by atoms with E-state index < -0.39 is 6.10 Å². The SMILES string of the molecule is CC(O)C(=O)N1CCN(Cc2cc(F)cc(Br)c2)CC1. The van der Waals surface area contributed by atoms with Crippen LogP contribution in [-0.4, -0.2) is 53.1 Å². The van der Waals surface area contributed by atoms with Gasteiger partial charge in [0.05, 0.1) is 0 Å². The Labute approximate surface area is 126 Å². The average molecular weight is 345 g/mol. The molecule has 0 radical (unpaired) electrons. The third-order valence-corrected chi connectivity index (χ3v) is 3.83. The van der Waals surface area contributed by atoms with E-state index in [9.17, 15) is 14.3 Å². The molecule has 20 heavy (non-hydrogen) atoms. The molecule has 0 aromatic heterocycles. The van der Waals surface area contributed by atoms with Crippen LogP contribution in [0.15, 0.2) is 22.7 Å². The first kappa shape index (κ1) is 15.4. The molecule has 1 heterocycles. The molecule has 6 heteroatoms. The molecular weight excluding hydrogens is 327 g/mol. The Hall–Kier alpha value is -0.980. The van der Waals surface area contributed by atoms with Crippen LogP contribution in [0.25, 0.3) is 0 Å². The van der Waals surface area contributed by atoms with Gasteiger partial charge in [-0.1, -0.05) is 15.9 Å². The number of rotatable bonds is 3. The van der Waals surface area contributed by atoms with Gasteiger partial charge in [0.1, 0.15) is 11.9 Å². The molecular formula is C14H18BrFN2O2. The first-order valence-corrected chi connectivity index (χ1v) is 7.39. The molecule has 1 amide bonds. The molecule has 0 saturated carbocycles. The minimum Gasteiger partial charge on any atom is -0.384 e. The Morgan fingerprint density at radius 2 is 2.00 bits per heavy atom. The lowest BCUT2D eigenvalue weighted by atomic mass is 10.2. The first-order chi connectivity index (χ1) is 9.45. The molecule has 4 nitrogen and oxygen atoms in total. The van der Waals surface area contributed by atoms with E-state index >= 15 is 0 Å². The summed E-state index contributed by atoms with van der Waals surface area (Å²) in [7, 11) is 0. The molecule has 1 aromatic rings. The zero-order valence-electron chi connectivity index (χ0n) is 11.4. The van der Waals surface area contributed by atoms with Crippen molar-refractivity contribution in [1.29, 1.82) is 0 Å². The summed E-state index contributed by atoms with van der Waals surface area (Å²) in [6, 6.07) is 4.86. The molecule has 1 saturated heterocycles. The van der Waals surface area contributed by atoms with E-state index in [4.69, 9.17) is 0 Å². The molecule has 0 aliphatic carbocycles. The smallest absolute Gasteiger partial charge is 0.251 e. The van der Waals surface area contributed by atoms with E-state index in [0.717, 1.165) is 23.1 Å². The van der Waals surface area contributed by atoms with Crippen molar-refractivity contribution >= 4 is 21.8 Å². The number of halogens is 2. The highest BCUT2D eigenvalue weighted by Gasteiger charge is 2.23. The lowest BCUT2D eigenvalue weighted by molar-refractivity contribution is -0.141. The minimum absolute atomic E-state index is 0.224. The van der Waals surface area contributed by atoms with Crippen molar-refractivity contribution in [3.05, 3.63) is 34.1 Å². The summed E-state index contributed by atoms with van der Waals surface area (Å²) in [6.07, 6.45) is -0.944. The number of hydrogen-bond acceptors (Lipinski definition) is 3. The van der Waals surface area contributed by atoms with Crippen LogP contribution in [0.3, 0.4) is 0 Å². The van der Waals surface area contributed by atoms with Crippen molar-refractivity contribution < 1.29 is 14.3 Å². The van der Waals surface area contributed by atoms with Gasteiger partial charge in [-0.05, 0) is 30.7 Å². The first-order valence-electron chi connectivity index (χ1n) is 6.60. The van der Waals surface area contributed by atoms with E-state index in [-0.39, 0.29) is 11.7 Å². The van der Waals surface area contributed by atoms with E-state index in [1.807, 2.05) is 6.07 Å². The van der Waals surface area contributed by atoms with Crippen molar-refractivity contribution in [2.24, 2.45) is 0 Å². The van der Waals surface area contributed by atoms with Crippen molar-refractivity contribution in [3.63, 3.8) is 0 Å². The third-order valence-electron chi connectivity index (χ3n) is 3.37. The fraction of sp³-hybridized carbons (Fsp3) is 0.500. The number of hydrogen-bond donors (Lipinski definition) is 1. The predicted molar refractivity (Wildman–Crippen MR) is 77.6 cm³/mol. The maximum atomic E-state index is 13.3. The Kier molecular flexibility index (Phi) is 5.12. The van der Waals surface area contributed by atoms with Gasteiger partial charge < -0.3 is 10.0 Å². The Bertz CT molecular complexity index is 468. The van der Waals surface area contributed by atoms with E-state index in [1.54, 1.807) is 4.90 Å². The van der Waals surface area contributed by atoms with E-state index in [1.165, 1.54) is 19.1 Å². The van der Waals surface area contributed by atoms with Crippen LogP contribution >= 0.6 is 15.9 Å². The van der Waals surface area contributed by atoms with Crippen LogP contribution in [0, 0.1) is 5.82 Å². The maximum Gasteiger partial charge on any atom is 0.251 e. The zero-order valence-corrected chi connectivity index (χ0v) is 12.9. The van der Waals surface area contributed by atoms with Gasteiger partial charge in [-0.3, -0.25) is 9.69 Å². The molecule has 1 aromatic carbocycles. The van der Waals surface area contributed by atoms with Gasteiger partial charge in [0.25, 0.3) is 5.91 Å². The number of carbonyl (C=O) groups is 1. The van der Waals surface area contributed by atoms with Crippen molar-refractivity contribution in [2.75, 3.05) is 26.2 Å². The number of nitrogens with zero attached hydrogens (tertiary/aromatic N) is 2. The molecule has 1 atom stereocenters. The molecule has 1 unspecified atom stereocenters. The lowest BCUT2D eigenvalue weighted by Gasteiger charge is -2.35. The second-order valence-corrected chi connectivity index (χ2v) is 5.97. The largest absolute Gasteiger partial charge is 0.384 e. The summed E-state index contributed by atoms with van der Waals surface area (Å²) in [5.41, 5.74) is 0.909. The standard InChI is InChI=1S/C14H18BrFN2O2/c1-10(19)14(20)18-4-2-17(3-5-18)9-11-6-12(15)8-13(16)7-11/h6-8,10,19H,2-5,9H2,1H3. The van der Waals surface area contributed by atoms with Gasteiger partial charge in [0, 0.05) is 37.2 Å². The van der Waals surface area contributed by atoms with Crippen molar-refractivity contribution in [2.45, 2.75) is 19.6 Å². The molecule has 1 N–H and O–H groups in total. The number of aliphatic hydroxyl groups is 1. The van der Waals surface area contributed by atoms with Gasteiger partial charge in [-0.15, -0.1) is 0 Å². The predicted octanol–water partition coefficient (Wildman–Crippen LogP) is 1.61. The number of aliphatic hydroxyl groups excluding tert-OH is 1. The van der Waals surface area contributed by atoms with Gasteiger partial charge in [0.15, 0.2) is 0 Å². The highest BCUT2D eigenvalue weighted by Crippen LogP contribution is 2.17. The fourth-order valence-corrected chi connectivity index (χ4v) is 2.86. The van der Waals surface area contributed by atoms with Gasteiger partial charge in [0.2, 0.25) is 0 Å². The van der Waals surface area contributed by atoms with Crippen LogP contribution in [0.2, 0.25) is 0 Å². The molecule has 1 aliphatic rings. The van der Waals surface area contributed by atoms with Crippen molar-refractivity contribution in [3.8, 4) is 0 Å². The van der Waals surface area contributed by atoms with Crippen LogP contribution in [0.4, 0.5) is 4.39 Å². The fourth-order valence-electron chi connectivity index (χ4n) is 2.35. The van der Waals surface area contributed by atoms with E-state index in [2.05, 4.69) is 20.8 Å². The number of benzene rings is 1. The second kappa shape index (κ2) is 6.65. The van der Waals surface area contributed by atoms with Crippen LogP contribution < -0.4 is 0 Å². The summed E-state index contributed by atoms with van der Waals surface area (Å²) < 4.78 is 14.0. The summed E-state index contributed by atoms with van der Waals surface area (Å²) >= 11 is 3.28. The van der Waals surface area contributed by atoms with Crippen molar-refractivity contribution in [1.82, 2.24) is 9.80 Å². The normalized spacial score (nSPS) is 18.1. The summed E-state index contributed by atoms with van der Waals surface area (Å²) in [6.45, 7) is 4.80. The molecule has 1 fully saturated rings. The quantitative estimate of drug-likeness (QED) is 0.905. The molecule has 1 aliphatic heterocycles. The highest BCUT2D eigenvalue weighted by molar-refractivity contribution is 9.10. The van der Waals surface area contributed by atoms with Crippen LogP contribution in [0.1, 0.15) is 12.5 Å². The number of carbonyl (C=O) groups excluding carboxylic acids is 1. The number of amides is 1. The Balaban J connectivity index is 1.90. The zero-order chi connectivity index (χ0) is 14.7. The summed E-state index contributed by atoms with van der Waals surface area (Å²) in [4.78, 5) is 15.5. The molecule has 0 bridgehead atoms. The lowest BCUT2D eigenvalue weighted by Crippen LogP contribution is -2.50. The van der Waals surface area contributed by atoms with Gasteiger partial charge >= 0.3 is 0 Å². The van der Waals surface area contributed by atoms with Gasteiger partial charge in [-0.2, -0.15) is 0 Å². The minimum atomic E-state index is -0.944. The number of piperazine rings is 1. The Morgan fingerprint density at radius 3 is 2.55 bits per heavy atom. The summed E-state index contributed by atoms with van der Waals surface area (Å²) in [5.74, 6) is -0.476. The monoisotopic (exact) mass is 344 g/mol. The molecule has 110 valence electrons. The maximum absolute atomic E-state index is 13.3. The van der Waals surface area contributed by atoms with Crippen LogP contribution in [0.5, 0.6) is 0 Å². The molecule has 2 rings (SSSR count). The van der Waals surface area contributed by atoms with Gasteiger partial charge in [-0.25, -0.2) is 4.39 Å². The average Bonchev–Trinajstić information content (AvgIpc) is 2.37.